The molecule has 10 heavy (non-hydrogen) atoms. The lowest BCUT2D eigenvalue weighted by atomic mass is 10.1. The van der Waals surface area contributed by atoms with Gasteiger partial charge in [-0.25, -0.2) is 0 Å². The molecule has 0 amide bonds. The molecule has 2 heteroatoms. The van der Waals surface area contributed by atoms with Crippen LogP contribution in [0.4, 0.5) is 0 Å². The lowest BCUT2D eigenvalue weighted by Crippen LogP contribution is -2.21. The smallest absolute Gasteiger partial charge is 0.0652 e. The molecule has 1 N–H and O–H groups in total. The van der Waals surface area contributed by atoms with E-state index >= 15 is 0 Å². The first-order valence-corrected chi connectivity index (χ1v) is 3.57. The van der Waals surface area contributed by atoms with Gasteiger partial charge in [0.05, 0.1) is 6.54 Å². The van der Waals surface area contributed by atoms with Crippen LogP contribution in [0.15, 0.2) is 28.4 Å². The summed E-state index contributed by atoms with van der Waals surface area (Å²) in [7, 11) is 0. The molecule has 0 saturated carbocycles. The summed E-state index contributed by atoms with van der Waals surface area (Å²) in [6, 6.07) is 0. The van der Waals surface area contributed by atoms with Gasteiger partial charge < -0.3 is 5.32 Å². The van der Waals surface area contributed by atoms with E-state index in [9.17, 15) is 0 Å². The molecule has 0 saturated heterocycles. The van der Waals surface area contributed by atoms with Crippen LogP contribution in [0.25, 0.3) is 0 Å². The summed E-state index contributed by atoms with van der Waals surface area (Å²) in [5.74, 6) is 0. The zero-order valence-electron chi connectivity index (χ0n) is 5.80. The summed E-state index contributed by atoms with van der Waals surface area (Å²) >= 11 is 0. The highest BCUT2D eigenvalue weighted by Crippen LogP contribution is 2.13. The number of hydrogen-bond acceptors (Lipinski definition) is 2. The Morgan fingerprint density at radius 1 is 1.50 bits per heavy atom. The van der Waals surface area contributed by atoms with E-state index in [0.717, 1.165) is 19.5 Å². The molecule has 2 rings (SSSR count). The topological polar surface area (TPSA) is 24.4 Å². The van der Waals surface area contributed by atoms with Crippen LogP contribution in [-0.2, 0) is 0 Å². The predicted octanol–water partition coefficient (Wildman–Crippen LogP) is 0.874. The fraction of sp³-hybridized carbons (Fsp3) is 0.375. The normalized spacial score (nSPS) is 22.4. The Hall–Kier alpha value is -1.05. The van der Waals surface area contributed by atoms with Crippen molar-refractivity contribution in [2.24, 2.45) is 4.99 Å². The van der Waals surface area contributed by atoms with Gasteiger partial charge >= 0.3 is 0 Å². The van der Waals surface area contributed by atoms with Crippen molar-refractivity contribution in [1.82, 2.24) is 5.32 Å². The fourth-order valence-electron chi connectivity index (χ4n) is 1.27. The lowest BCUT2D eigenvalue weighted by Gasteiger charge is -2.18. The van der Waals surface area contributed by atoms with Crippen molar-refractivity contribution in [3.05, 3.63) is 23.4 Å². The Kier molecular flexibility index (Phi) is 1.31. The minimum absolute atomic E-state index is 0.860. The zero-order valence-corrected chi connectivity index (χ0v) is 5.80. The van der Waals surface area contributed by atoms with Gasteiger partial charge in [-0.2, -0.15) is 0 Å². The van der Waals surface area contributed by atoms with E-state index < -0.39 is 0 Å². The highest BCUT2D eigenvalue weighted by molar-refractivity contribution is 5.64. The average Bonchev–Trinajstić information content (AvgIpc) is 2.05. The average molecular weight is 134 g/mol. The Morgan fingerprint density at radius 3 is 3.40 bits per heavy atom. The van der Waals surface area contributed by atoms with Gasteiger partial charge in [0.1, 0.15) is 0 Å². The van der Waals surface area contributed by atoms with Crippen LogP contribution in [0.3, 0.4) is 0 Å². The number of aliphatic imine (C=N–C) groups is 1. The third-order valence-electron chi connectivity index (χ3n) is 1.83. The first kappa shape index (κ1) is 5.71. The van der Waals surface area contributed by atoms with Crippen molar-refractivity contribution >= 4 is 6.21 Å². The third-order valence-corrected chi connectivity index (χ3v) is 1.83. The van der Waals surface area contributed by atoms with Crippen molar-refractivity contribution in [1.29, 1.82) is 0 Å². The second-order valence-corrected chi connectivity index (χ2v) is 2.51. The summed E-state index contributed by atoms with van der Waals surface area (Å²) in [6.07, 6.45) is 7.27. The van der Waals surface area contributed by atoms with Crippen LogP contribution in [0.1, 0.15) is 6.42 Å². The van der Waals surface area contributed by atoms with Gasteiger partial charge in [-0.05, 0) is 5.57 Å². The van der Waals surface area contributed by atoms with E-state index in [1.807, 2.05) is 6.21 Å². The third kappa shape index (κ3) is 0.856. The SMILES string of the molecule is C1=CC2=C(CC=NC2)NC1. The molecule has 2 heterocycles. The number of allylic oxidation sites excluding steroid dienone is 1. The van der Waals surface area contributed by atoms with Crippen LogP contribution < -0.4 is 5.32 Å². The van der Waals surface area contributed by atoms with Crippen molar-refractivity contribution in [2.75, 3.05) is 13.1 Å². The molecule has 2 aliphatic rings. The van der Waals surface area contributed by atoms with E-state index in [2.05, 4.69) is 22.5 Å². The van der Waals surface area contributed by atoms with Crippen LogP contribution in [0.5, 0.6) is 0 Å². The quantitative estimate of drug-likeness (QED) is 0.522. The molecule has 0 aromatic rings. The molecular weight excluding hydrogens is 124 g/mol. The van der Waals surface area contributed by atoms with E-state index in [1.165, 1.54) is 11.3 Å². The number of rotatable bonds is 0. The Morgan fingerprint density at radius 2 is 2.50 bits per heavy atom. The number of nitrogens with one attached hydrogen (secondary N) is 1. The number of hydrogen-bond donors (Lipinski definition) is 1. The number of dihydropyridines is 2. The zero-order chi connectivity index (χ0) is 6.81. The van der Waals surface area contributed by atoms with Crippen LogP contribution >= 0.6 is 0 Å². The summed E-state index contributed by atoms with van der Waals surface area (Å²) in [5.41, 5.74) is 2.71. The van der Waals surface area contributed by atoms with E-state index in [1.54, 1.807) is 0 Å². The fourth-order valence-corrected chi connectivity index (χ4v) is 1.27. The molecule has 0 unspecified atom stereocenters. The minimum Gasteiger partial charge on any atom is -0.384 e. The first-order valence-electron chi connectivity index (χ1n) is 3.57. The standard InChI is InChI=1S/C8H10N2/c1-2-7-6-9-5-3-8(7)10-4-1/h1-2,5,10H,3-4,6H2. The van der Waals surface area contributed by atoms with Gasteiger partial charge in [0.25, 0.3) is 0 Å². The summed E-state index contributed by atoms with van der Waals surface area (Å²) < 4.78 is 0. The molecule has 0 aliphatic carbocycles. The molecule has 2 nitrogen and oxygen atoms in total. The second kappa shape index (κ2) is 2.29. The molecule has 0 atom stereocenters. The van der Waals surface area contributed by atoms with Crippen molar-refractivity contribution in [3.63, 3.8) is 0 Å². The maximum absolute atomic E-state index is 4.19. The predicted molar refractivity (Wildman–Crippen MR) is 42.1 cm³/mol. The van der Waals surface area contributed by atoms with Crippen LogP contribution in [-0.4, -0.2) is 19.3 Å². The Balaban J connectivity index is 2.25. The van der Waals surface area contributed by atoms with Crippen LogP contribution in [0.2, 0.25) is 0 Å². The molecule has 0 radical (unpaired) electrons. The monoisotopic (exact) mass is 134 g/mol. The minimum atomic E-state index is 0.860. The van der Waals surface area contributed by atoms with Gasteiger partial charge in [-0.1, -0.05) is 12.2 Å². The van der Waals surface area contributed by atoms with Gasteiger partial charge in [-0.3, -0.25) is 4.99 Å². The Bertz CT molecular complexity index is 223. The molecule has 0 spiro atoms. The molecule has 0 aromatic carbocycles. The largest absolute Gasteiger partial charge is 0.384 e. The van der Waals surface area contributed by atoms with E-state index in [-0.39, 0.29) is 0 Å². The van der Waals surface area contributed by atoms with Gasteiger partial charge in [0.2, 0.25) is 0 Å². The molecule has 0 bridgehead atoms. The first-order chi connectivity index (χ1) is 4.97. The molecule has 0 aromatic heterocycles. The summed E-state index contributed by atoms with van der Waals surface area (Å²) in [6.45, 7) is 1.84. The molecular formula is C8H10N2. The van der Waals surface area contributed by atoms with Crippen molar-refractivity contribution < 1.29 is 0 Å². The Labute approximate surface area is 60.3 Å². The summed E-state index contributed by atoms with van der Waals surface area (Å²) in [4.78, 5) is 4.19. The van der Waals surface area contributed by atoms with Crippen molar-refractivity contribution in [2.45, 2.75) is 6.42 Å². The maximum atomic E-state index is 4.19. The molecule has 52 valence electrons. The number of nitrogens with zero attached hydrogens (tertiary/aromatic N) is 1. The van der Waals surface area contributed by atoms with E-state index in [0.29, 0.717) is 0 Å². The van der Waals surface area contributed by atoms with Gasteiger partial charge in [0.15, 0.2) is 0 Å². The molecule has 0 fully saturated rings. The van der Waals surface area contributed by atoms with Gasteiger partial charge in [0, 0.05) is 24.9 Å². The maximum Gasteiger partial charge on any atom is 0.0652 e. The summed E-state index contributed by atoms with van der Waals surface area (Å²) in [5, 5.41) is 3.32. The highest BCUT2D eigenvalue weighted by atomic mass is 14.9. The lowest BCUT2D eigenvalue weighted by molar-refractivity contribution is 0.830. The van der Waals surface area contributed by atoms with E-state index in [4.69, 9.17) is 0 Å². The van der Waals surface area contributed by atoms with Crippen molar-refractivity contribution in [3.8, 4) is 0 Å². The highest BCUT2D eigenvalue weighted by Gasteiger charge is 2.08. The molecule has 2 aliphatic heterocycles. The second-order valence-electron chi connectivity index (χ2n) is 2.51. The van der Waals surface area contributed by atoms with Crippen LogP contribution in [0, 0.1) is 0 Å². The van der Waals surface area contributed by atoms with Gasteiger partial charge in [-0.15, -0.1) is 0 Å².